The summed E-state index contributed by atoms with van der Waals surface area (Å²) in [7, 11) is 1.66. The molecule has 0 aromatic carbocycles. The van der Waals surface area contributed by atoms with Crippen LogP contribution in [0.15, 0.2) is 23.3 Å². The SMILES string of the molecule is CCCNC(=NC)NCc1ccc(OCC(F)(F)F)nc1. The topological polar surface area (TPSA) is 58.5 Å². The predicted molar refractivity (Wildman–Crippen MR) is 74.3 cm³/mol. The summed E-state index contributed by atoms with van der Waals surface area (Å²) in [5.74, 6) is 0.610. The molecule has 5 nitrogen and oxygen atoms in total. The van der Waals surface area contributed by atoms with Gasteiger partial charge in [-0.05, 0) is 12.0 Å². The predicted octanol–water partition coefficient (Wildman–Crippen LogP) is 2.10. The number of hydrogen-bond donors (Lipinski definition) is 2. The number of halogens is 3. The van der Waals surface area contributed by atoms with Crippen molar-refractivity contribution in [2.24, 2.45) is 4.99 Å². The van der Waals surface area contributed by atoms with Gasteiger partial charge in [-0.1, -0.05) is 13.0 Å². The van der Waals surface area contributed by atoms with Gasteiger partial charge < -0.3 is 15.4 Å². The molecule has 0 spiro atoms. The minimum Gasteiger partial charge on any atom is -0.468 e. The molecule has 0 radical (unpaired) electrons. The number of nitrogens with one attached hydrogen (secondary N) is 2. The van der Waals surface area contributed by atoms with Gasteiger partial charge in [0.2, 0.25) is 5.88 Å². The zero-order valence-corrected chi connectivity index (χ0v) is 12.0. The molecule has 118 valence electrons. The van der Waals surface area contributed by atoms with Crippen molar-refractivity contribution in [3.05, 3.63) is 23.9 Å². The third kappa shape index (κ3) is 7.38. The second-order valence-corrected chi connectivity index (χ2v) is 4.26. The highest BCUT2D eigenvalue weighted by Crippen LogP contribution is 2.16. The molecule has 0 unspecified atom stereocenters. The van der Waals surface area contributed by atoms with Crippen molar-refractivity contribution in [2.75, 3.05) is 20.2 Å². The van der Waals surface area contributed by atoms with Crippen LogP contribution in [0.1, 0.15) is 18.9 Å². The second-order valence-electron chi connectivity index (χ2n) is 4.26. The van der Waals surface area contributed by atoms with Crippen LogP contribution in [0, 0.1) is 0 Å². The summed E-state index contributed by atoms with van der Waals surface area (Å²) in [6, 6.07) is 3.06. The highest BCUT2D eigenvalue weighted by Gasteiger charge is 2.28. The fraction of sp³-hybridized carbons (Fsp3) is 0.538. The minimum atomic E-state index is -4.36. The number of nitrogens with zero attached hydrogens (tertiary/aromatic N) is 2. The summed E-state index contributed by atoms with van der Waals surface area (Å²) in [6.45, 7) is 1.98. The lowest BCUT2D eigenvalue weighted by molar-refractivity contribution is -0.154. The Hall–Kier alpha value is -1.99. The van der Waals surface area contributed by atoms with Crippen LogP contribution in [0.4, 0.5) is 13.2 Å². The highest BCUT2D eigenvalue weighted by atomic mass is 19.4. The first-order chi connectivity index (χ1) is 9.94. The lowest BCUT2D eigenvalue weighted by Gasteiger charge is -2.11. The van der Waals surface area contributed by atoms with Crippen LogP contribution in [-0.4, -0.2) is 37.3 Å². The van der Waals surface area contributed by atoms with Crippen molar-refractivity contribution in [1.82, 2.24) is 15.6 Å². The van der Waals surface area contributed by atoms with Crippen molar-refractivity contribution in [1.29, 1.82) is 0 Å². The maximum atomic E-state index is 12.0. The summed E-state index contributed by atoms with van der Waals surface area (Å²) in [5.41, 5.74) is 0.814. The van der Waals surface area contributed by atoms with E-state index in [1.165, 1.54) is 12.3 Å². The van der Waals surface area contributed by atoms with E-state index in [2.05, 4.69) is 25.3 Å². The Bertz CT molecular complexity index is 446. The first-order valence-electron chi connectivity index (χ1n) is 6.53. The van der Waals surface area contributed by atoms with Crippen molar-refractivity contribution in [3.63, 3.8) is 0 Å². The standard InChI is InChI=1S/C13H19F3N4O/c1-3-6-18-12(17-2)20-8-10-4-5-11(19-7-10)21-9-13(14,15)16/h4-5,7H,3,6,8-9H2,1-2H3,(H2,17,18,20). The Morgan fingerprint density at radius 3 is 2.62 bits per heavy atom. The molecular formula is C13H19F3N4O. The largest absolute Gasteiger partial charge is 0.468 e. The number of rotatable bonds is 6. The van der Waals surface area contributed by atoms with Gasteiger partial charge in [-0.15, -0.1) is 0 Å². The monoisotopic (exact) mass is 304 g/mol. The minimum absolute atomic E-state index is 0.0513. The third-order valence-electron chi connectivity index (χ3n) is 2.41. The Morgan fingerprint density at radius 2 is 2.10 bits per heavy atom. The number of aliphatic imine (C=N–C) groups is 1. The van der Waals surface area contributed by atoms with E-state index in [4.69, 9.17) is 0 Å². The number of pyridine rings is 1. The summed E-state index contributed by atoms with van der Waals surface area (Å²) in [6.07, 6.45) is -1.92. The molecule has 1 heterocycles. The number of ether oxygens (including phenoxy) is 1. The molecule has 0 aliphatic heterocycles. The molecule has 21 heavy (non-hydrogen) atoms. The molecule has 0 fully saturated rings. The number of alkyl halides is 3. The van der Waals surface area contributed by atoms with Gasteiger partial charge in [-0.2, -0.15) is 13.2 Å². The fourth-order valence-corrected chi connectivity index (χ4v) is 1.41. The first-order valence-corrected chi connectivity index (χ1v) is 6.53. The quantitative estimate of drug-likeness (QED) is 0.624. The van der Waals surface area contributed by atoms with Gasteiger partial charge in [0.25, 0.3) is 0 Å². The number of guanidine groups is 1. The lowest BCUT2D eigenvalue weighted by atomic mass is 10.3. The highest BCUT2D eigenvalue weighted by molar-refractivity contribution is 5.79. The average molecular weight is 304 g/mol. The molecule has 0 saturated heterocycles. The van der Waals surface area contributed by atoms with Gasteiger partial charge in [0.05, 0.1) is 0 Å². The zero-order chi connectivity index (χ0) is 15.7. The lowest BCUT2D eigenvalue weighted by Crippen LogP contribution is -2.37. The van der Waals surface area contributed by atoms with E-state index in [-0.39, 0.29) is 5.88 Å². The smallest absolute Gasteiger partial charge is 0.422 e. The van der Waals surface area contributed by atoms with E-state index < -0.39 is 12.8 Å². The van der Waals surface area contributed by atoms with E-state index in [1.54, 1.807) is 13.1 Å². The average Bonchev–Trinajstić information content (AvgIpc) is 2.46. The van der Waals surface area contributed by atoms with Crippen LogP contribution in [0.3, 0.4) is 0 Å². The molecule has 1 aromatic heterocycles. The van der Waals surface area contributed by atoms with Crippen LogP contribution in [0.2, 0.25) is 0 Å². The maximum Gasteiger partial charge on any atom is 0.422 e. The van der Waals surface area contributed by atoms with E-state index in [0.717, 1.165) is 18.5 Å². The Morgan fingerprint density at radius 1 is 1.33 bits per heavy atom. The van der Waals surface area contributed by atoms with Crippen molar-refractivity contribution >= 4 is 5.96 Å². The number of hydrogen-bond acceptors (Lipinski definition) is 3. The van der Waals surface area contributed by atoms with Crippen LogP contribution < -0.4 is 15.4 Å². The van der Waals surface area contributed by atoms with E-state index >= 15 is 0 Å². The number of aromatic nitrogens is 1. The summed E-state index contributed by atoms with van der Waals surface area (Å²) in [5, 5.41) is 6.18. The summed E-state index contributed by atoms with van der Waals surface area (Å²) >= 11 is 0. The van der Waals surface area contributed by atoms with Gasteiger partial charge in [-0.3, -0.25) is 4.99 Å². The molecule has 0 atom stereocenters. The van der Waals surface area contributed by atoms with Crippen LogP contribution in [0.5, 0.6) is 5.88 Å². The van der Waals surface area contributed by atoms with Crippen LogP contribution in [0.25, 0.3) is 0 Å². The van der Waals surface area contributed by atoms with Gasteiger partial charge in [0.15, 0.2) is 12.6 Å². The first kappa shape index (κ1) is 17.1. The Kier molecular flexibility index (Phi) is 6.77. The second kappa shape index (κ2) is 8.33. The summed E-state index contributed by atoms with van der Waals surface area (Å²) in [4.78, 5) is 7.86. The Labute approximate surface area is 121 Å². The molecule has 2 N–H and O–H groups in total. The maximum absolute atomic E-state index is 12.0. The molecule has 0 aliphatic rings. The molecule has 0 bridgehead atoms. The van der Waals surface area contributed by atoms with E-state index in [0.29, 0.717) is 12.5 Å². The zero-order valence-electron chi connectivity index (χ0n) is 12.0. The van der Waals surface area contributed by atoms with Gasteiger partial charge in [0.1, 0.15) is 0 Å². The molecular weight excluding hydrogens is 285 g/mol. The van der Waals surface area contributed by atoms with Crippen molar-refractivity contribution < 1.29 is 17.9 Å². The van der Waals surface area contributed by atoms with Gasteiger partial charge in [-0.25, -0.2) is 4.98 Å². The summed E-state index contributed by atoms with van der Waals surface area (Å²) < 4.78 is 40.5. The molecule has 0 amide bonds. The van der Waals surface area contributed by atoms with Crippen molar-refractivity contribution in [2.45, 2.75) is 26.1 Å². The molecule has 0 saturated carbocycles. The van der Waals surface area contributed by atoms with Crippen molar-refractivity contribution in [3.8, 4) is 5.88 Å². The van der Waals surface area contributed by atoms with E-state index in [9.17, 15) is 13.2 Å². The molecule has 1 aromatic rings. The normalized spacial score (nSPS) is 12.1. The third-order valence-corrected chi connectivity index (χ3v) is 2.41. The van der Waals surface area contributed by atoms with E-state index in [1.807, 2.05) is 6.92 Å². The Balaban J connectivity index is 2.43. The van der Waals surface area contributed by atoms with Crippen LogP contribution in [-0.2, 0) is 6.54 Å². The molecule has 0 aliphatic carbocycles. The van der Waals surface area contributed by atoms with Gasteiger partial charge >= 0.3 is 6.18 Å². The fourth-order valence-electron chi connectivity index (χ4n) is 1.41. The van der Waals surface area contributed by atoms with Crippen LogP contribution >= 0.6 is 0 Å². The molecule has 8 heteroatoms. The molecule has 1 rings (SSSR count). The van der Waals surface area contributed by atoms with Gasteiger partial charge in [0, 0.05) is 32.4 Å².